The molecule has 2 aromatic rings. The number of hydrogen-bond acceptors (Lipinski definition) is 8. The molecule has 36 heavy (non-hydrogen) atoms. The number of anilines is 1. The van der Waals surface area contributed by atoms with Crippen LogP contribution in [0.3, 0.4) is 0 Å². The van der Waals surface area contributed by atoms with E-state index in [0.717, 1.165) is 30.5 Å². The van der Waals surface area contributed by atoms with Crippen LogP contribution >= 0.6 is 11.6 Å². The van der Waals surface area contributed by atoms with Gasteiger partial charge in [0.15, 0.2) is 21.5 Å². The Morgan fingerprint density at radius 1 is 1.19 bits per heavy atom. The third-order valence-corrected chi connectivity index (χ3v) is 9.76. The lowest BCUT2D eigenvalue weighted by Crippen LogP contribution is -2.67. The lowest BCUT2D eigenvalue weighted by atomic mass is 9.51. The van der Waals surface area contributed by atoms with Gasteiger partial charge in [-0.15, -0.1) is 0 Å². The van der Waals surface area contributed by atoms with Crippen molar-refractivity contribution in [1.29, 1.82) is 5.53 Å². The first-order valence-electron chi connectivity index (χ1n) is 10.9. The molecule has 3 aliphatic rings. The molecule has 0 saturated heterocycles. The Balaban J connectivity index is 1.56. The predicted molar refractivity (Wildman–Crippen MR) is 126 cm³/mol. The van der Waals surface area contributed by atoms with Crippen LogP contribution in [0.5, 0.6) is 0 Å². The zero-order chi connectivity index (χ0) is 26.4. The van der Waals surface area contributed by atoms with Crippen molar-refractivity contribution >= 4 is 33.0 Å². The molecule has 13 heteroatoms. The minimum absolute atomic E-state index is 0.0177. The van der Waals surface area contributed by atoms with Crippen LogP contribution in [0.25, 0.3) is 0 Å². The summed E-state index contributed by atoms with van der Waals surface area (Å²) < 4.78 is 53.6. The number of carbonyl (C=O) groups is 1. The number of fused-ring (bicyclic) bond motifs is 2. The highest BCUT2D eigenvalue weighted by molar-refractivity contribution is 7.92. The normalized spacial score (nSPS) is 26.6. The van der Waals surface area contributed by atoms with Crippen molar-refractivity contribution in [3.05, 3.63) is 70.5 Å². The van der Waals surface area contributed by atoms with Crippen LogP contribution in [0.15, 0.2) is 58.3 Å². The number of nitrogens with two attached hydrogens (primary N) is 1. The Morgan fingerprint density at radius 3 is 2.44 bits per heavy atom. The monoisotopic (exact) mass is 540 g/mol. The van der Waals surface area contributed by atoms with Crippen molar-refractivity contribution in [1.82, 2.24) is 0 Å². The van der Waals surface area contributed by atoms with Gasteiger partial charge in [-0.2, -0.15) is 5.11 Å². The number of benzene rings is 2. The Morgan fingerprint density at radius 2 is 1.86 bits per heavy atom. The van der Waals surface area contributed by atoms with Gasteiger partial charge in [-0.05, 0) is 61.4 Å². The first-order chi connectivity index (χ1) is 16.9. The quantitative estimate of drug-likeness (QED) is 0.338. The highest BCUT2D eigenvalue weighted by atomic mass is 35.5. The van der Waals surface area contributed by atoms with E-state index >= 15 is 0 Å². The maximum Gasteiger partial charge on any atom is 0.255 e. The van der Waals surface area contributed by atoms with Crippen molar-refractivity contribution in [2.75, 3.05) is 5.32 Å². The number of sulfone groups is 1. The summed E-state index contributed by atoms with van der Waals surface area (Å²) in [6.45, 7) is 0. The maximum absolute atomic E-state index is 13.5. The molecule has 192 valence electrons. The molecule has 5 rings (SSSR count). The zero-order valence-electron chi connectivity index (χ0n) is 18.7. The molecule has 0 spiro atoms. The van der Waals surface area contributed by atoms with Gasteiger partial charge in [-0.25, -0.2) is 22.7 Å². The molecule has 0 radical (unpaired) electrons. The fourth-order valence-corrected chi connectivity index (χ4v) is 7.54. The summed E-state index contributed by atoms with van der Waals surface area (Å²) in [5.74, 6) is -4.15. The van der Waals surface area contributed by atoms with E-state index in [1.807, 2.05) is 0 Å². The molecule has 2 bridgehead atoms. The molecule has 0 heterocycles. The Labute approximate surface area is 210 Å². The lowest BCUT2D eigenvalue weighted by molar-refractivity contribution is -0.221. The Hall–Kier alpha value is -2.93. The molecule has 2 aromatic carbocycles. The number of carbonyl (C=O) groups excluding carboxylic acids is 1. The standard InChI is InChI=1S/C23H23ClF2N4O5S/c24-16-3-1-11(22(32)29-14-2-4-17(25)18(26)9-14)5-20(16)36(34,35)15-7-12-6-13(8-15)23(12,33)21(31)19(10-27)30-28/h1-5,9-10,12-13,15,21,28,31,33H,6-8,27H2,(H,29,32)/b19-10-,30-28?/t12?,13?,15-,21?,23-. The largest absolute Gasteiger partial charge is 0.403 e. The minimum Gasteiger partial charge on any atom is -0.403 e. The number of aliphatic hydroxyl groups excluding tert-OH is 1. The third-order valence-electron chi connectivity index (χ3n) is 7.11. The van der Waals surface area contributed by atoms with E-state index in [1.54, 1.807) is 0 Å². The number of rotatable bonds is 7. The number of aliphatic hydroxyl groups is 2. The molecule has 3 fully saturated rings. The molecule has 3 aliphatic carbocycles. The van der Waals surface area contributed by atoms with E-state index in [0.29, 0.717) is 6.42 Å². The van der Waals surface area contributed by atoms with Crippen LogP contribution in [-0.2, 0) is 9.84 Å². The van der Waals surface area contributed by atoms with E-state index in [9.17, 15) is 32.2 Å². The van der Waals surface area contributed by atoms with Crippen molar-refractivity contribution in [3.8, 4) is 0 Å². The summed E-state index contributed by atoms with van der Waals surface area (Å²) in [5, 5.41) is 26.1. The minimum atomic E-state index is -4.06. The fourth-order valence-electron chi connectivity index (χ4n) is 5.14. The van der Waals surface area contributed by atoms with Crippen molar-refractivity contribution < 1.29 is 32.2 Å². The van der Waals surface area contributed by atoms with Gasteiger partial charge in [-0.3, -0.25) is 4.79 Å². The van der Waals surface area contributed by atoms with Crippen molar-refractivity contribution in [2.24, 2.45) is 22.7 Å². The highest BCUT2D eigenvalue weighted by Gasteiger charge is 2.64. The second-order valence-corrected chi connectivity index (χ2v) is 11.6. The number of halogens is 3. The second kappa shape index (κ2) is 9.51. The van der Waals surface area contributed by atoms with E-state index in [2.05, 4.69) is 10.4 Å². The van der Waals surface area contributed by atoms with Crippen LogP contribution in [0, 0.1) is 29.0 Å². The van der Waals surface area contributed by atoms with Gasteiger partial charge < -0.3 is 21.3 Å². The van der Waals surface area contributed by atoms with E-state index < -0.39 is 56.2 Å². The fraction of sp³-hybridized carbons (Fsp3) is 0.348. The topological polar surface area (TPSA) is 166 Å². The van der Waals surface area contributed by atoms with Crippen LogP contribution in [0.2, 0.25) is 5.02 Å². The smallest absolute Gasteiger partial charge is 0.255 e. The Bertz CT molecular complexity index is 1360. The van der Waals surface area contributed by atoms with Gasteiger partial charge in [0.05, 0.1) is 15.2 Å². The lowest BCUT2D eigenvalue weighted by Gasteiger charge is -2.59. The number of amides is 1. The summed E-state index contributed by atoms with van der Waals surface area (Å²) in [7, 11) is -4.06. The molecule has 3 unspecified atom stereocenters. The van der Waals surface area contributed by atoms with E-state index in [4.69, 9.17) is 22.9 Å². The van der Waals surface area contributed by atoms with Crippen LogP contribution in [-0.4, -0.2) is 41.5 Å². The number of nitrogens with one attached hydrogen (secondary N) is 2. The molecule has 3 atom stereocenters. The first kappa shape index (κ1) is 26.1. The molecular weight excluding hydrogens is 518 g/mol. The summed E-state index contributed by atoms with van der Waals surface area (Å²) in [5.41, 5.74) is 10.5. The second-order valence-electron chi connectivity index (χ2n) is 8.99. The Kier molecular flexibility index (Phi) is 6.90. The summed E-state index contributed by atoms with van der Waals surface area (Å²) in [6.07, 6.45) is -0.0819. The summed E-state index contributed by atoms with van der Waals surface area (Å²) in [6, 6.07) is 6.47. The molecule has 9 nitrogen and oxygen atoms in total. The van der Waals surface area contributed by atoms with Crippen molar-refractivity contribution in [3.63, 3.8) is 0 Å². The zero-order valence-corrected chi connectivity index (χ0v) is 20.2. The van der Waals surface area contributed by atoms with Crippen LogP contribution in [0.4, 0.5) is 14.5 Å². The van der Waals surface area contributed by atoms with Crippen LogP contribution in [0.1, 0.15) is 29.6 Å². The molecular formula is C23H23ClF2N4O5S. The van der Waals surface area contributed by atoms with Gasteiger partial charge in [-0.1, -0.05) is 11.6 Å². The van der Waals surface area contributed by atoms with E-state index in [1.165, 1.54) is 12.1 Å². The molecule has 3 saturated carbocycles. The van der Waals surface area contributed by atoms with Crippen LogP contribution < -0.4 is 11.1 Å². The number of hydrogen-bond donors (Lipinski definition) is 5. The molecule has 6 N–H and O–H groups in total. The predicted octanol–water partition coefficient (Wildman–Crippen LogP) is 3.37. The van der Waals surface area contributed by atoms with Gasteiger partial charge in [0.25, 0.3) is 5.91 Å². The SMILES string of the molecule is N=N/C(=C\N)C(O)[C@]1(O)C2CC1C[C@@H](S(=O)(=O)c1cc(C(=O)Nc3ccc(F)c(F)c3)ccc1Cl)C2. The van der Waals surface area contributed by atoms with Crippen molar-refractivity contribution in [2.45, 2.75) is 41.1 Å². The first-order valence-corrected chi connectivity index (χ1v) is 12.8. The van der Waals surface area contributed by atoms with E-state index in [-0.39, 0.29) is 39.7 Å². The molecule has 1 amide bonds. The summed E-state index contributed by atoms with van der Waals surface area (Å²) >= 11 is 6.19. The van der Waals surface area contributed by atoms with Gasteiger partial charge in [0.2, 0.25) is 0 Å². The third kappa shape index (κ3) is 4.27. The summed E-state index contributed by atoms with van der Waals surface area (Å²) in [4.78, 5) is 12.4. The number of nitrogens with zero attached hydrogens (tertiary/aromatic N) is 1. The highest BCUT2D eigenvalue weighted by Crippen LogP contribution is 2.58. The van der Waals surface area contributed by atoms with Gasteiger partial charge in [0.1, 0.15) is 17.4 Å². The maximum atomic E-state index is 13.5. The average Bonchev–Trinajstić information content (AvgIpc) is 2.86. The van der Waals surface area contributed by atoms with Gasteiger partial charge >= 0.3 is 0 Å². The average molecular weight is 541 g/mol. The van der Waals surface area contributed by atoms with Gasteiger partial charge in [0, 0.05) is 23.5 Å². The molecule has 0 aromatic heterocycles. The molecule has 0 aliphatic heterocycles.